The van der Waals surface area contributed by atoms with Crippen molar-refractivity contribution in [1.29, 1.82) is 0 Å². The zero-order valence-electron chi connectivity index (χ0n) is 12.2. The molecule has 0 unspecified atom stereocenters. The van der Waals surface area contributed by atoms with Gasteiger partial charge in [-0.1, -0.05) is 12.1 Å². The molecule has 2 rings (SSSR count). The number of anilines is 2. The number of carbonyl (C=O) groups excluding carboxylic acids is 1. The molecule has 1 saturated heterocycles. The largest absolute Gasteiger partial charge is 0.440 e. The SMILES string of the molecule is CN1CCN(c2ccccc2NC(=O)OCC(F)(F)F)CC1. The fourth-order valence-corrected chi connectivity index (χ4v) is 2.20. The molecular formula is C14H18F3N3O2. The predicted octanol–water partition coefficient (Wildman–Crippen LogP) is 2.55. The van der Waals surface area contributed by atoms with E-state index in [0.29, 0.717) is 5.69 Å². The lowest BCUT2D eigenvalue weighted by Crippen LogP contribution is -2.44. The number of carbonyl (C=O) groups is 1. The first kappa shape index (κ1) is 16.4. The van der Waals surface area contributed by atoms with Crippen LogP contribution in [0.1, 0.15) is 0 Å². The van der Waals surface area contributed by atoms with Crippen molar-refractivity contribution in [2.24, 2.45) is 0 Å². The Morgan fingerprint density at radius 2 is 1.86 bits per heavy atom. The smallest absolute Gasteiger partial charge is 0.422 e. The maximum atomic E-state index is 12.0. The Balaban J connectivity index is 2.00. The average Bonchev–Trinajstić information content (AvgIpc) is 2.46. The second-order valence-electron chi connectivity index (χ2n) is 5.12. The van der Waals surface area contributed by atoms with Crippen LogP contribution < -0.4 is 10.2 Å². The molecule has 1 aromatic carbocycles. The number of ether oxygens (including phenoxy) is 1. The molecule has 0 atom stereocenters. The maximum Gasteiger partial charge on any atom is 0.422 e. The highest BCUT2D eigenvalue weighted by Gasteiger charge is 2.29. The lowest BCUT2D eigenvalue weighted by Gasteiger charge is -2.35. The molecule has 8 heteroatoms. The number of piperazine rings is 1. The summed E-state index contributed by atoms with van der Waals surface area (Å²) in [5.74, 6) is 0. The summed E-state index contributed by atoms with van der Waals surface area (Å²) in [6, 6.07) is 6.99. The number of para-hydroxylation sites is 2. The fourth-order valence-electron chi connectivity index (χ4n) is 2.20. The number of likely N-dealkylation sites (N-methyl/N-ethyl adjacent to an activating group) is 1. The van der Waals surface area contributed by atoms with Crippen LogP contribution in [0.2, 0.25) is 0 Å². The summed E-state index contributed by atoms with van der Waals surface area (Å²) in [4.78, 5) is 15.8. The average molecular weight is 317 g/mol. The van der Waals surface area contributed by atoms with E-state index in [2.05, 4.69) is 19.9 Å². The summed E-state index contributed by atoms with van der Waals surface area (Å²) in [6.07, 6.45) is -5.65. The molecule has 1 N–H and O–H groups in total. The summed E-state index contributed by atoms with van der Waals surface area (Å²) in [7, 11) is 2.02. The minimum absolute atomic E-state index is 0.444. The number of nitrogens with zero attached hydrogens (tertiary/aromatic N) is 2. The van der Waals surface area contributed by atoms with Crippen LogP contribution in [0.15, 0.2) is 24.3 Å². The van der Waals surface area contributed by atoms with Gasteiger partial charge in [0, 0.05) is 26.2 Å². The van der Waals surface area contributed by atoms with Crippen molar-refractivity contribution < 1.29 is 22.7 Å². The molecule has 1 amide bonds. The Bertz CT molecular complexity index is 514. The van der Waals surface area contributed by atoms with E-state index in [1.165, 1.54) is 0 Å². The van der Waals surface area contributed by atoms with Gasteiger partial charge < -0.3 is 14.5 Å². The van der Waals surface area contributed by atoms with Gasteiger partial charge in [0.1, 0.15) is 0 Å². The summed E-state index contributed by atoms with van der Waals surface area (Å²) in [5.41, 5.74) is 1.22. The Labute approximate surface area is 126 Å². The van der Waals surface area contributed by atoms with Gasteiger partial charge in [-0.3, -0.25) is 5.32 Å². The van der Waals surface area contributed by atoms with Crippen LogP contribution in [-0.4, -0.2) is 57.0 Å². The highest BCUT2D eigenvalue weighted by molar-refractivity contribution is 5.89. The van der Waals surface area contributed by atoms with Gasteiger partial charge in [-0.2, -0.15) is 13.2 Å². The van der Waals surface area contributed by atoms with Gasteiger partial charge in [0.25, 0.3) is 0 Å². The van der Waals surface area contributed by atoms with Crippen molar-refractivity contribution in [2.45, 2.75) is 6.18 Å². The third kappa shape index (κ3) is 4.80. The van der Waals surface area contributed by atoms with Gasteiger partial charge in [-0.05, 0) is 19.2 Å². The van der Waals surface area contributed by atoms with Gasteiger partial charge in [0.2, 0.25) is 0 Å². The van der Waals surface area contributed by atoms with Gasteiger partial charge in [0.05, 0.1) is 11.4 Å². The van der Waals surface area contributed by atoms with Gasteiger partial charge in [0.15, 0.2) is 6.61 Å². The second kappa shape index (κ2) is 6.87. The molecule has 0 saturated carbocycles. The van der Waals surface area contributed by atoms with E-state index < -0.39 is 18.9 Å². The van der Waals surface area contributed by atoms with E-state index in [4.69, 9.17) is 0 Å². The van der Waals surface area contributed by atoms with E-state index in [-0.39, 0.29) is 0 Å². The van der Waals surface area contributed by atoms with Crippen LogP contribution in [0.5, 0.6) is 0 Å². The van der Waals surface area contributed by atoms with Gasteiger partial charge in [-0.15, -0.1) is 0 Å². The number of alkyl halides is 3. The number of nitrogens with one attached hydrogen (secondary N) is 1. The maximum absolute atomic E-state index is 12.0. The molecule has 1 aromatic rings. The fraction of sp³-hybridized carbons (Fsp3) is 0.500. The molecule has 1 aliphatic heterocycles. The van der Waals surface area contributed by atoms with Crippen LogP contribution >= 0.6 is 0 Å². The zero-order chi connectivity index (χ0) is 16.2. The second-order valence-corrected chi connectivity index (χ2v) is 5.12. The number of amides is 1. The van der Waals surface area contributed by atoms with Gasteiger partial charge in [-0.25, -0.2) is 4.79 Å². The quantitative estimate of drug-likeness (QED) is 0.930. The number of hydrogen-bond donors (Lipinski definition) is 1. The van der Waals surface area contributed by atoms with E-state index >= 15 is 0 Å². The highest BCUT2D eigenvalue weighted by atomic mass is 19.4. The lowest BCUT2D eigenvalue weighted by atomic mass is 10.2. The van der Waals surface area contributed by atoms with Crippen molar-refractivity contribution in [3.8, 4) is 0 Å². The minimum Gasteiger partial charge on any atom is -0.440 e. The van der Waals surface area contributed by atoms with Crippen LogP contribution in [0, 0.1) is 0 Å². The van der Waals surface area contributed by atoms with Crippen LogP contribution in [0.3, 0.4) is 0 Å². The van der Waals surface area contributed by atoms with E-state index in [1.807, 2.05) is 19.2 Å². The molecular weight excluding hydrogens is 299 g/mol. The van der Waals surface area contributed by atoms with Gasteiger partial charge >= 0.3 is 12.3 Å². The van der Waals surface area contributed by atoms with Crippen molar-refractivity contribution in [3.05, 3.63) is 24.3 Å². The molecule has 0 spiro atoms. The third-order valence-electron chi connectivity index (χ3n) is 3.35. The molecule has 122 valence electrons. The summed E-state index contributed by atoms with van der Waals surface area (Å²) in [5, 5.41) is 2.38. The lowest BCUT2D eigenvalue weighted by molar-refractivity contribution is -0.159. The Morgan fingerprint density at radius 3 is 2.50 bits per heavy atom. The number of hydrogen-bond acceptors (Lipinski definition) is 4. The number of rotatable bonds is 3. The molecule has 0 radical (unpaired) electrons. The molecule has 22 heavy (non-hydrogen) atoms. The highest BCUT2D eigenvalue weighted by Crippen LogP contribution is 2.26. The van der Waals surface area contributed by atoms with Crippen LogP contribution in [-0.2, 0) is 4.74 Å². The molecule has 0 aromatic heterocycles. The Hall–Kier alpha value is -1.96. The molecule has 5 nitrogen and oxygen atoms in total. The van der Waals surface area contributed by atoms with E-state index in [1.54, 1.807) is 12.1 Å². The monoisotopic (exact) mass is 317 g/mol. The van der Waals surface area contributed by atoms with Crippen molar-refractivity contribution in [3.63, 3.8) is 0 Å². The topological polar surface area (TPSA) is 44.8 Å². The summed E-state index contributed by atoms with van der Waals surface area (Å²) in [6.45, 7) is 1.73. The normalized spacial score (nSPS) is 16.5. The first-order valence-corrected chi connectivity index (χ1v) is 6.88. The summed E-state index contributed by atoms with van der Waals surface area (Å²) >= 11 is 0. The minimum atomic E-state index is -4.53. The van der Waals surface area contributed by atoms with Crippen molar-refractivity contribution in [1.82, 2.24) is 4.90 Å². The standard InChI is InChI=1S/C14H18F3N3O2/c1-19-6-8-20(9-7-19)12-5-3-2-4-11(12)18-13(21)22-10-14(15,16)17/h2-5H,6-10H2,1H3,(H,18,21). The molecule has 0 bridgehead atoms. The Morgan fingerprint density at radius 1 is 1.23 bits per heavy atom. The predicted molar refractivity (Wildman–Crippen MR) is 77.2 cm³/mol. The molecule has 0 aliphatic carbocycles. The van der Waals surface area contributed by atoms with Crippen molar-refractivity contribution in [2.75, 3.05) is 50.1 Å². The van der Waals surface area contributed by atoms with Crippen LogP contribution in [0.4, 0.5) is 29.3 Å². The zero-order valence-corrected chi connectivity index (χ0v) is 12.2. The Kier molecular flexibility index (Phi) is 5.12. The van der Waals surface area contributed by atoms with Crippen LogP contribution in [0.25, 0.3) is 0 Å². The van der Waals surface area contributed by atoms with E-state index in [9.17, 15) is 18.0 Å². The number of halogens is 3. The first-order valence-electron chi connectivity index (χ1n) is 6.88. The van der Waals surface area contributed by atoms with E-state index in [0.717, 1.165) is 31.9 Å². The molecule has 1 aliphatic rings. The number of benzene rings is 1. The summed E-state index contributed by atoms with van der Waals surface area (Å²) < 4.78 is 40.3. The van der Waals surface area contributed by atoms with Crippen molar-refractivity contribution >= 4 is 17.5 Å². The molecule has 1 fully saturated rings. The first-order chi connectivity index (χ1) is 10.3. The molecule has 1 heterocycles. The third-order valence-corrected chi connectivity index (χ3v) is 3.35.